The molecule has 1 aliphatic rings. The summed E-state index contributed by atoms with van der Waals surface area (Å²) in [6.45, 7) is 1.61. The molecule has 1 amide bonds. The number of rotatable bonds is 7. The van der Waals surface area contributed by atoms with E-state index in [-0.39, 0.29) is 12.0 Å². The topological polar surface area (TPSA) is 84.9 Å². The number of ether oxygens (including phenoxy) is 2. The minimum atomic E-state index is -0.910. The molecule has 0 saturated heterocycles. The van der Waals surface area contributed by atoms with Crippen molar-refractivity contribution in [2.24, 2.45) is 0 Å². The average Bonchev–Trinajstić information content (AvgIpc) is 3.20. The molecule has 2 aromatic carbocycles. The molecule has 28 heavy (non-hydrogen) atoms. The Bertz CT molecular complexity index is 858. The van der Waals surface area contributed by atoms with Crippen molar-refractivity contribution in [3.8, 4) is 11.5 Å². The van der Waals surface area contributed by atoms with Gasteiger partial charge in [0.05, 0.1) is 19.1 Å². The van der Waals surface area contributed by atoms with Gasteiger partial charge in [0, 0.05) is 11.3 Å². The number of carbonyl (C=O) groups excluding carboxylic acids is 1. The summed E-state index contributed by atoms with van der Waals surface area (Å²) in [6.07, 6.45) is 4.47. The summed E-state index contributed by atoms with van der Waals surface area (Å²) in [5.41, 5.74) is 1.63. The molecule has 0 spiro atoms. The van der Waals surface area contributed by atoms with E-state index in [4.69, 9.17) is 9.47 Å². The van der Waals surface area contributed by atoms with Gasteiger partial charge in [0.2, 0.25) is 0 Å². The third-order valence-corrected chi connectivity index (χ3v) is 5.04. The third kappa shape index (κ3) is 4.63. The standard InChI is InChI=1S/C22H25NO5/c1-14(22(25)26)15-6-5-7-17(12-15)23-21(24)16-10-11-19(27-2)20(13-16)28-18-8-3-4-9-18/h5-7,10-14,18H,3-4,8-9H2,1-2H3,(H,23,24)(H,25,26). The van der Waals surface area contributed by atoms with Crippen LogP contribution >= 0.6 is 0 Å². The van der Waals surface area contributed by atoms with E-state index in [0.29, 0.717) is 28.3 Å². The highest BCUT2D eigenvalue weighted by molar-refractivity contribution is 6.04. The van der Waals surface area contributed by atoms with Gasteiger partial charge in [0.25, 0.3) is 5.91 Å². The number of anilines is 1. The highest BCUT2D eigenvalue weighted by Crippen LogP contribution is 2.32. The molecule has 0 heterocycles. The van der Waals surface area contributed by atoms with Crippen LogP contribution < -0.4 is 14.8 Å². The van der Waals surface area contributed by atoms with Crippen LogP contribution in [-0.2, 0) is 4.79 Å². The fourth-order valence-electron chi connectivity index (χ4n) is 3.33. The minimum absolute atomic E-state index is 0.154. The highest BCUT2D eigenvalue weighted by atomic mass is 16.5. The molecule has 1 saturated carbocycles. The van der Waals surface area contributed by atoms with Crippen LogP contribution in [0.25, 0.3) is 0 Å². The Labute approximate surface area is 164 Å². The molecule has 0 radical (unpaired) electrons. The maximum atomic E-state index is 12.7. The first kappa shape index (κ1) is 19.7. The largest absolute Gasteiger partial charge is 0.493 e. The van der Waals surface area contributed by atoms with Gasteiger partial charge in [-0.2, -0.15) is 0 Å². The van der Waals surface area contributed by atoms with Crippen molar-refractivity contribution >= 4 is 17.6 Å². The molecule has 2 aromatic rings. The van der Waals surface area contributed by atoms with Gasteiger partial charge >= 0.3 is 5.97 Å². The lowest BCUT2D eigenvalue weighted by molar-refractivity contribution is -0.138. The number of benzene rings is 2. The molecular formula is C22H25NO5. The van der Waals surface area contributed by atoms with Crippen LogP contribution in [0, 0.1) is 0 Å². The van der Waals surface area contributed by atoms with Gasteiger partial charge in [-0.05, 0) is 68.5 Å². The molecule has 1 unspecified atom stereocenters. The molecular weight excluding hydrogens is 358 g/mol. The predicted octanol–water partition coefficient (Wildman–Crippen LogP) is 4.46. The quantitative estimate of drug-likeness (QED) is 0.737. The van der Waals surface area contributed by atoms with Crippen LogP contribution in [0.3, 0.4) is 0 Å². The first-order chi connectivity index (χ1) is 13.5. The molecule has 1 fully saturated rings. The Morgan fingerprint density at radius 3 is 2.54 bits per heavy atom. The van der Waals surface area contributed by atoms with E-state index in [0.717, 1.165) is 25.7 Å². The third-order valence-electron chi connectivity index (χ3n) is 5.04. The normalized spacial score (nSPS) is 15.1. The number of aliphatic carboxylic acids is 1. The van der Waals surface area contributed by atoms with E-state index < -0.39 is 11.9 Å². The zero-order valence-corrected chi connectivity index (χ0v) is 16.1. The van der Waals surface area contributed by atoms with Crippen molar-refractivity contribution in [2.75, 3.05) is 12.4 Å². The Kier molecular flexibility index (Phi) is 6.19. The molecule has 2 N–H and O–H groups in total. The minimum Gasteiger partial charge on any atom is -0.493 e. The van der Waals surface area contributed by atoms with Crippen molar-refractivity contribution in [2.45, 2.75) is 44.6 Å². The Morgan fingerprint density at radius 2 is 1.86 bits per heavy atom. The van der Waals surface area contributed by atoms with E-state index in [1.807, 2.05) is 0 Å². The van der Waals surface area contributed by atoms with Crippen molar-refractivity contribution in [1.82, 2.24) is 0 Å². The van der Waals surface area contributed by atoms with Crippen molar-refractivity contribution in [3.63, 3.8) is 0 Å². The first-order valence-electron chi connectivity index (χ1n) is 9.46. The van der Waals surface area contributed by atoms with Gasteiger partial charge in [-0.3, -0.25) is 9.59 Å². The molecule has 6 heteroatoms. The number of methoxy groups -OCH3 is 1. The smallest absolute Gasteiger partial charge is 0.310 e. The molecule has 0 aliphatic heterocycles. The van der Waals surface area contributed by atoms with Crippen molar-refractivity contribution in [1.29, 1.82) is 0 Å². The summed E-state index contributed by atoms with van der Waals surface area (Å²) < 4.78 is 11.4. The Balaban J connectivity index is 1.77. The van der Waals surface area contributed by atoms with Crippen LogP contribution in [0.1, 0.15) is 54.4 Å². The lowest BCUT2D eigenvalue weighted by Crippen LogP contribution is -2.15. The monoisotopic (exact) mass is 383 g/mol. The summed E-state index contributed by atoms with van der Waals surface area (Å²) in [5.74, 6) is -0.688. The number of hydrogen-bond donors (Lipinski definition) is 2. The second-order valence-electron chi connectivity index (χ2n) is 7.03. The maximum absolute atomic E-state index is 12.7. The molecule has 1 atom stereocenters. The first-order valence-corrected chi connectivity index (χ1v) is 9.46. The van der Waals surface area contributed by atoms with E-state index in [2.05, 4.69) is 5.32 Å². The number of nitrogens with one attached hydrogen (secondary N) is 1. The van der Waals surface area contributed by atoms with Gasteiger partial charge in [-0.1, -0.05) is 12.1 Å². The second kappa shape index (κ2) is 8.78. The number of amides is 1. The molecule has 3 rings (SSSR count). The molecule has 148 valence electrons. The van der Waals surface area contributed by atoms with Crippen LogP contribution in [-0.4, -0.2) is 30.2 Å². The summed E-state index contributed by atoms with van der Waals surface area (Å²) in [4.78, 5) is 23.9. The van der Waals surface area contributed by atoms with Crippen molar-refractivity contribution in [3.05, 3.63) is 53.6 Å². The van der Waals surface area contributed by atoms with Crippen LogP contribution in [0.2, 0.25) is 0 Å². The number of hydrogen-bond acceptors (Lipinski definition) is 4. The summed E-state index contributed by atoms with van der Waals surface area (Å²) >= 11 is 0. The number of carbonyl (C=O) groups is 2. The van der Waals surface area contributed by atoms with Crippen LogP contribution in [0.15, 0.2) is 42.5 Å². The highest BCUT2D eigenvalue weighted by Gasteiger charge is 2.20. The average molecular weight is 383 g/mol. The van der Waals surface area contributed by atoms with E-state index in [9.17, 15) is 14.7 Å². The van der Waals surface area contributed by atoms with E-state index >= 15 is 0 Å². The summed E-state index contributed by atoms with van der Waals surface area (Å²) in [6, 6.07) is 12.0. The molecule has 1 aliphatic carbocycles. The van der Waals surface area contributed by atoms with Gasteiger partial charge in [-0.25, -0.2) is 0 Å². The van der Waals surface area contributed by atoms with E-state index in [1.165, 1.54) is 0 Å². The van der Waals surface area contributed by atoms with Crippen LogP contribution in [0.5, 0.6) is 11.5 Å². The lowest BCUT2D eigenvalue weighted by atomic mass is 10.0. The Morgan fingerprint density at radius 1 is 1.11 bits per heavy atom. The summed E-state index contributed by atoms with van der Waals surface area (Å²) in [7, 11) is 1.58. The molecule has 6 nitrogen and oxygen atoms in total. The Hall–Kier alpha value is -3.02. The van der Waals surface area contributed by atoms with Gasteiger partial charge in [0.1, 0.15) is 0 Å². The predicted molar refractivity (Wildman–Crippen MR) is 106 cm³/mol. The van der Waals surface area contributed by atoms with Crippen molar-refractivity contribution < 1.29 is 24.2 Å². The van der Waals surface area contributed by atoms with Gasteiger partial charge in [-0.15, -0.1) is 0 Å². The second-order valence-corrected chi connectivity index (χ2v) is 7.03. The van der Waals surface area contributed by atoms with Crippen LogP contribution in [0.4, 0.5) is 5.69 Å². The fourth-order valence-corrected chi connectivity index (χ4v) is 3.33. The van der Waals surface area contributed by atoms with Gasteiger partial charge < -0.3 is 19.9 Å². The van der Waals surface area contributed by atoms with Gasteiger partial charge in [0.15, 0.2) is 11.5 Å². The SMILES string of the molecule is COc1ccc(C(=O)Nc2cccc(C(C)C(=O)O)c2)cc1OC1CCCC1. The fraction of sp³-hybridized carbons (Fsp3) is 0.364. The molecule has 0 bridgehead atoms. The lowest BCUT2D eigenvalue weighted by Gasteiger charge is -2.17. The number of carboxylic acid groups (broad SMARTS) is 1. The zero-order valence-electron chi connectivity index (χ0n) is 16.1. The maximum Gasteiger partial charge on any atom is 0.310 e. The van der Waals surface area contributed by atoms with E-state index in [1.54, 1.807) is 56.5 Å². The zero-order chi connectivity index (χ0) is 20.1. The summed E-state index contributed by atoms with van der Waals surface area (Å²) in [5, 5.41) is 12.0. The molecule has 0 aromatic heterocycles. The number of carboxylic acids is 1.